The van der Waals surface area contributed by atoms with Gasteiger partial charge >= 0.3 is 17.3 Å². The van der Waals surface area contributed by atoms with Gasteiger partial charge in [0, 0.05) is 24.3 Å². The lowest BCUT2D eigenvalue weighted by atomic mass is 9.98. The molecule has 0 amide bonds. The van der Waals surface area contributed by atoms with E-state index in [9.17, 15) is 71.2 Å². The van der Waals surface area contributed by atoms with Gasteiger partial charge in [-0.3, -0.25) is 0 Å². The van der Waals surface area contributed by atoms with Crippen LogP contribution in [0.5, 0.6) is 34.5 Å². The number of esters is 1. The van der Waals surface area contributed by atoms with Gasteiger partial charge in [0.05, 0.1) is 30.9 Å². The van der Waals surface area contributed by atoms with E-state index >= 15 is 0 Å². The van der Waals surface area contributed by atoms with Gasteiger partial charge in [0.15, 0.2) is 23.9 Å². The molecule has 3 aromatic carbocycles. The molecule has 22 nitrogen and oxygen atoms in total. The molecule has 13 N–H and O–H groups in total. The number of aromatic hydroxyl groups is 4. The fourth-order valence-corrected chi connectivity index (χ4v) is 7.21. The van der Waals surface area contributed by atoms with Crippen molar-refractivity contribution in [3.8, 4) is 45.8 Å². The molecule has 7 rings (SSSR count). The van der Waals surface area contributed by atoms with Crippen LogP contribution in [0.2, 0.25) is 0 Å². The Morgan fingerprint density at radius 2 is 1.28 bits per heavy atom. The standard InChI is InChI=1S/C42H46O22/c1-16-38(64-29(48)9-4-17-2-6-19(44)7-3-17)34(53)37(56)40(58-16)57-15-28-31(50)33(52)36(55)42(63-28)61-26-13-21-24(59-39(26)18-5-8-22(46)23(47)10-18)11-20(45)12-25(21)60-41-35(54)32(51)30(49)27(14-43)62-41/h2-13,16,27-28,30-38,40-43,49-56H,14-15H2,1H3,(H3-,44,45,46,47,48)/p+1/t16?,27?,28?,30-,31-,32+,33?,34-,35?,36?,37?,38+,40-,41-,42-/m1/s1. The predicted octanol–water partition coefficient (Wildman–Crippen LogP) is -1.32. The molecule has 346 valence electrons. The number of rotatable bonds is 12. The highest BCUT2D eigenvalue weighted by Gasteiger charge is 2.49. The zero-order valence-corrected chi connectivity index (χ0v) is 33.5. The van der Waals surface area contributed by atoms with Crippen LogP contribution >= 0.6 is 0 Å². The van der Waals surface area contributed by atoms with E-state index in [2.05, 4.69) is 0 Å². The van der Waals surface area contributed by atoms with E-state index in [0.29, 0.717) is 5.56 Å². The van der Waals surface area contributed by atoms with Crippen molar-refractivity contribution >= 4 is 23.0 Å². The van der Waals surface area contributed by atoms with Crippen molar-refractivity contribution in [2.75, 3.05) is 13.2 Å². The van der Waals surface area contributed by atoms with Crippen molar-refractivity contribution < 1.29 is 109 Å². The summed E-state index contributed by atoms with van der Waals surface area (Å²) in [5.41, 5.74) is 0.479. The summed E-state index contributed by atoms with van der Waals surface area (Å²) in [6.45, 7) is 0.00128. The van der Waals surface area contributed by atoms with E-state index in [1.807, 2.05) is 0 Å². The number of aliphatic hydroxyl groups is 9. The molecule has 3 fully saturated rings. The molecule has 1 aromatic heterocycles. The van der Waals surface area contributed by atoms with Crippen LogP contribution in [0.3, 0.4) is 0 Å². The molecule has 0 spiro atoms. The minimum atomic E-state index is -1.98. The van der Waals surface area contributed by atoms with Gasteiger partial charge < -0.3 is 99.5 Å². The number of hydrogen-bond acceptors (Lipinski definition) is 21. The number of phenols is 4. The fourth-order valence-electron chi connectivity index (χ4n) is 7.21. The number of carbonyl (C=O) groups is 1. The minimum Gasteiger partial charge on any atom is -0.508 e. The van der Waals surface area contributed by atoms with Crippen LogP contribution in [0.15, 0.2) is 71.2 Å². The smallest absolute Gasteiger partial charge is 0.402 e. The zero-order valence-electron chi connectivity index (χ0n) is 33.5. The first-order chi connectivity index (χ1) is 30.4. The highest BCUT2D eigenvalue weighted by molar-refractivity contribution is 5.89. The van der Waals surface area contributed by atoms with Crippen molar-refractivity contribution in [1.82, 2.24) is 0 Å². The molecule has 4 heterocycles. The lowest BCUT2D eigenvalue weighted by Crippen LogP contribution is -2.62. The Kier molecular flexibility index (Phi) is 14.1. The first-order valence-electron chi connectivity index (χ1n) is 19.7. The van der Waals surface area contributed by atoms with Crippen LogP contribution in [0, 0.1) is 0 Å². The number of aliphatic hydroxyl groups excluding tert-OH is 9. The van der Waals surface area contributed by atoms with Gasteiger partial charge in [-0.15, -0.1) is 0 Å². The first-order valence-corrected chi connectivity index (χ1v) is 19.7. The molecule has 3 saturated heterocycles. The maximum absolute atomic E-state index is 12.6. The monoisotopic (exact) mass is 903 g/mol. The van der Waals surface area contributed by atoms with Crippen LogP contribution in [0.4, 0.5) is 0 Å². The van der Waals surface area contributed by atoms with Crippen molar-refractivity contribution in [2.24, 2.45) is 0 Å². The van der Waals surface area contributed by atoms with Crippen LogP contribution in [-0.4, -0.2) is 178 Å². The van der Waals surface area contributed by atoms with Crippen LogP contribution in [0.25, 0.3) is 28.4 Å². The quantitative estimate of drug-likeness (QED) is 0.0339. The number of phenolic OH excluding ortho intramolecular Hbond substituents is 4. The Morgan fingerprint density at radius 1 is 0.656 bits per heavy atom. The van der Waals surface area contributed by atoms with E-state index < -0.39 is 129 Å². The summed E-state index contributed by atoms with van der Waals surface area (Å²) in [4.78, 5) is 12.6. The van der Waals surface area contributed by atoms with Gasteiger partial charge in [0.1, 0.15) is 83.7 Å². The normalized spacial score (nSPS) is 33.2. The van der Waals surface area contributed by atoms with Gasteiger partial charge in [0.25, 0.3) is 0 Å². The van der Waals surface area contributed by atoms with Crippen LogP contribution < -0.4 is 9.47 Å². The summed E-state index contributed by atoms with van der Waals surface area (Å²) in [5.74, 6) is -3.22. The molecule has 22 heteroatoms. The third-order valence-electron chi connectivity index (χ3n) is 10.8. The molecule has 3 aliphatic rings. The summed E-state index contributed by atoms with van der Waals surface area (Å²) in [7, 11) is 0. The second-order valence-corrected chi connectivity index (χ2v) is 15.3. The second kappa shape index (κ2) is 19.3. The number of benzene rings is 3. The Hall–Kier alpha value is -5.44. The SMILES string of the molecule is CC1O[C@@H](OCC2O[C@@H](Oc3cc4c(O[C@@H]5OC(CO)[C@@H](O)[C@H](O)C5O)cc(O)cc4[o+]c3-c3ccc(O)c(O)c3)C(O)C(O)[C@@H]2O)C(O)[C@@H](O)[C@H]1OC(=O)/C=C/c1ccc(O)cc1. The maximum Gasteiger partial charge on any atom is 0.402 e. The number of hydrogen-bond donors (Lipinski definition) is 13. The van der Waals surface area contributed by atoms with Crippen LogP contribution in [0.1, 0.15) is 12.5 Å². The van der Waals surface area contributed by atoms with E-state index in [-0.39, 0.29) is 39.5 Å². The van der Waals surface area contributed by atoms with E-state index in [1.54, 1.807) is 12.1 Å². The van der Waals surface area contributed by atoms with Crippen molar-refractivity contribution in [3.63, 3.8) is 0 Å². The first kappa shape index (κ1) is 46.5. The zero-order chi connectivity index (χ0) is 46.1. The van der Waals surface area contributed by atoms with Crippen molar-refractivity contribution in [3.05, 3.63) is 72.3 Å². The Bertz CT molecular complexity index is 2290. The summed E-state index contributed by atoms with van der Waals surface area (Å²) in [5, 5.41) is 136. The molecular formula is C42H47O22+. The largest absolute Gasteiger partial charge is 0.508 e. The molecule has 0 aliphatic carbocycles. The maximum atomic E-state index is 12.6. The third-order valence-corrected chi connectivity index (χ3v) is 10.8. The molecule has 0 radical (unpaired) electrons. The molecule has 3 aliphatic heterocycles. The number of ether oxygens (including phenoxy) is 7. The van der Waals surface area contributed by atoms with Gasteiger partial charge in [-0.05, 0) is 42.8 Å². The van der Waals surface area contributed by atoms with E-state index in [4.69, 9.17) is 37.6 Å². The highest BCUT2D eigenvalue weighted by Crippen LogP contribution is 2.43. The molecule has 0 bridgehead atoms. The third kappa shape index (κ3) is 9.79. The van der Waals surface area contributed by atoms with Gasteiger partial charge in [-0.25, -0.2) is 9.21 Å². The Balaban J connectivity index is 1.11. The van der Waals surface area contributed by atoms with Gasteiger partial charge in [0.2, 0.25) is 18.3 Å². The number of fused-ring (bicyclic) bond motifs is 1. The summed E-state index contributed by atoms with van der Waals surface area (Å²) in [6, 6.07) is 12.9. The van der Waals surface area contributed by atoms with E-state index in [0.717, 1.165) is 30.3 Å². The Labute approximate surface area is 361 Å². The minimum absolute atomic E-state index is 0.0263. The van der Waals surface area contributed by atoms with Gasteiger partial charge in [-0.1, -0.05) is 12.1 Å². The highest BCUT2D eigenvalue weighted by atomic mass is 16.7. The van der Waals surface area contributed by atoms with Crippen molar-refractivity contribution in [2.45, 2.75) is 99.0 Å². The lowest BCUT2D eigenvalue weighted by Gasteiger charge is -2.42. The molecule has 7 unspecified atom stereocenters. The topological polar surface area (TPSA) is 356 Å². The molecule has 0 saturated carbocycles. The second-order valence-electron chi connectivity index (χ2n) is 15.3. The number of carbonyl (C=O) groups excluding carboxylic acids is 1. The summed E-state index contributed by atoms with van der Waals surface area (Å²) in [6.07, 6.45) is -22.8. The van der Waals surface area contributed by atoms with Crippen molar-refractivity contribution in [1.29, 1.82) is 0 Å². The van der Waals surface area contributed by atoms with Gasteiger partial charge in [-0.2, -0.15) is 0 Å². The average molecular weight is 904 g/mol. The molecule has 4 aromatic rings. The summed E-state index contributed by atoms with van der Waals surface area (Å²) < 4.78 is 46.0. The molecular weight excluding hydrogens is 856 g/mol. The predicted molar refractivity (Wildman–Crippen MR) is 212 cm³/mol. The van der Waals surface area contributed by atoms with E-state index in [1.165, 1.54) is 37.3 Å². The average Bonchev–Trinajstić information content (AvgIpc) is 3.27. The lowest BCUT2D eigenvalue weighted by molar-refractivity contribution is -0.319. The summed E-state index contributed by atoms with van der Waals surface area (Å²) >= 11 is 0. The van der Waals surface area contributed by atoms with Crippen LogP contribution in [-0.2, 0) is 28.5 Å². The fraction of sp³-hybridized carbons (Fsp3) is 0.429. The Morgan fingerprint density at radius 3 is 1.94 bits per heavy atom. The molecule has 15 atom stereocenters. The molecule has 64 heavy (non-hydrogen) atoms.